The standard InChI is InChI=1S/C17H15BrN2O/c1-21-16-8-4-5-12-9-10-13(20-17(12)16)11-19-15-7-3-2-6-14(15)18/h2-10,19H,11H2,1H3. The van der Waals surface area contributed by atoms with Gasteiger partial charge in [-0.3, -0.25) is 0 Å². The first-order chi connectivity index (χ1) is 10.3. The highest BCUT2D eigenvalue weighted by Gasteiger charge is 2.04. The molecule has 1 N–H and O–H groups in total. The third-order valence-electron chi connectivity index (χ3n) is 3.29. The number of anilines is 1. The van der Waals surface area contributed by atoms with E-state index in [9.17, 15) is 0 Å². The zero-order valence-electron chi connectivity index (χ0n) is 11.6. The second-order valence-corrected chi connectivity index (χ2v) is 5.52. The Morgan fingerprint density at radius 3 is 2.71 bits per heavy atom. The molecule has 0 saturated carbocycles. The number of hydrogen-bond acceptors (Lipinski definition) is 3. The van der Waals surface area contributed by atoms with Crippen LogP contribution in [-0.4, -0.2) is 12.1 Å². The lowest BCUT2D eigenvalue weighted by Gasteiger charge is -2.10. The molecule has 0 amide bonds. The molecule has 2 aromatic carbocycles. The summed E-state index contributed by atoms with van der Waals surface area (Å²) in [5, 5.41) is 4.46. The fourth-order valence-electron chi connectivity index (χ4n) is 2.21. The van der Waals surface area contributed by atoms with Gasteiger partial charge in [0.25, 0.3) is 0 Å². The Morgan fingerprint density at radius 1 is 1.05 bits per heavy atom. The van der Waals surface area contributed by atoms with Gasteiger partial charge < -0.3 is 10.1 Å². The summed E-state index contributed by atoms with van der Waals surface area (Å²) in [6.07, 6.45) is 0. The number of halogens is 1. The number of hydrogen-bond donors (Lipinski definition) is 1. The van der Waals surface area contributed by atoms with Crippen molar-refractivity contribution >= 4 is 32.5 Å². The summed E-state index contributed by atoms with van der Waals surface area (Å²) in [7, 11) is 1.67. The summed E-state index contributed by atoms with van der Waals surface area (Å²) in [5.41, 5.74) is 2.92. The van der Waals surface area contributed by atoms with E-state index >= 15 is 0 Å². The molecule has 106 valence electrons. The molecule has 0 bridgehead atoms. The van der Waals surface area contributed by atoms with Gasteiger partial charge in [-0.15, -0.1) is 0 Å². The van der Waals surface area contributed by atoms with Crippen molar-refractivity contribution in [1.29, 1.82) is 0 Å². The Hall–Kier alpha value is -2.07. The summed E-state index contributed by atoms with van der Waals surface area (Å²) >= 11 is 3.53. The molecule has 1 heterocycles. The Bertz CT molecular complexity index is 774. The van der Waals surface area contributed by atoms with Gasteiger partial charge in [0.05, 0.1) is 19.3 Å². The van der Waals surface area contributed by atoms with Crippen LogP contribution in [-0.2, 0) is 6.54 Å². The van der Waals surface area contributed by atoms with Gasteiger partial charge in [-0.1, -0.05) is 30.3 Å². The number of nitrogens with zero attached hydrogens (tertiary/aromatic N) is 1. The minimum absolute atomic E-state index is 0.663. The maximum absolute atomic E-state index is 5.37. The lowest BCUT2D eigenvalue weighted by atomic mass is 10.2. The molecule has 0 atom stereocenters. The molecule has 0 aliphatic carbocycles. The molecular weight excluding hydrogens is 328 g/mol. The van der Waals surface area contributed by atoms with Crippen molar-refractivity contribution < 1.29 is 4.74 Å². The topological polar surface area (TPSA) is 34.1 Å². The van der Waals surface area contributed by atoms with Gasteiger partial charge in [0.2, 0.25) is 0 Å². The first-order valence-corrected chi connectivity index (χ1v) is 7.48. The third-order valence-corrected chi connectivity index (χ3v) is 3.99. The highest BCUT2D eigenvalue weighted by molar-refractivity contribution is 9.10. The largest absolute Gasteiger partial charge is 0.494 e. The molecule has 1 aromatic heterocycles. The molecular formula is C17H15BrN2O. The number of methoxy groups -OCH3 is 1. The molecule has 0 saturated heterocycles. The number of para-hydroxylation sites is 2. The van der Waals surface area contributed by atoms with Gasteiger partial charge in [0.15, 0.2) is 0 Å². The maximum Gasteiger partial charge on any atom is 0.145 e. The van der Waals surface area contributed by atoms with Gasteiger partial charge in [0, 0.05) is 15.5 Å². The van der Waals surface area contributed by atoms with E-state index in [2.05, 4.69) is 32.3 Å². The first kappa shape index (κ1) is 13.9. The Balaban J connectivity index is 1.86. The highest BCUT2D eigenvalue weighted by Crippen LogP contribution is 2.25. The summed E-state index contributed by atoms with van der Waals surface area (Å²) in [6, 6.07) is 18.1. The lowest BCUT2D eigenvalue weighted by molar-refractivity contribution is 0.419. The summed E-state index contributed by atoms with van der Waals surface area (Å²) < 4.78 is 6.42. The average molecular weight is 343 g/mol. The number of ether oxygens (including phenoxy) is 1. The van der Waals surface area contributed by atoms with Gasteiger partial charge in [-0.2, -0.15) is 0 Å². The summed E-state index contributed by atoms with van der Waals surface area (Å²) in [5.74, 6) is 0.801. The number of pyridine rings is 1. The van der Waals surface area contributed by atoms with Crippen molar-refractivity contribution in [1.82, 2.24) is 4.98 Å². The Kier molecular flexibility index (Phi) is 4.06. The van der Waals surface area contributed by atoms with Crippen LogP contribution < -0.4 is 10.1 Å². The van der Waals surface area contributed by atoms with Crippen molar-refractivity contribution in [3.63, 3.8) is 0 Å². The molecule has 3 rings (SSSR count). The number of fused-ring (bicyclic) bond motifs is 1. The second-order valence-electron chi connectivity index (χ2n) is 4.67. The summed E-state index contributed by atoms with van der Waals surface area (Å²) in [6.45, 7) is 0.663. The van der Waals surface area contributed by atoms with Crippen molar-refractivity contribution in [2.24, 2.45) is 0 Å². The van der Waals surface area contributed by atoms with Crippen LogP contribution >= 0.6 is 15.9 Å². The van der Waals surface area contributed by atoms with E-state index in [1.54, 1.807) is 7.11 Å². The molecule has 3 nitrogen and oxygen atoms in total. The molecule has 0 radical (unpaired) electrons. The smallest absolute Gasteiger partial charge is 0.145 e. The number of aromatic nitrogens is 1. The van der Waals surface area contributed by atoms with E-state index in [1.807, 2.05) is 48.5 Å². The monoisotopic (exact) mass is 342 g/mol. The van der Waals surface area contributed by atoms with E-state index in [4.69, 9.17) is 4.74 Å². The quantitative estimate of drug-likeness (QED) is 0.751. The van der Waals surface area contributed by atoms with Crippen molar-refractivity contribution in [2.75, 3.05) is 12.4 Å². The Morgan fingerprint density at radius 2 is 1.90 bits per heavy atom. The molecule has 4 heteroatoms. The highest BCUT2D eigenvalue weighted by atomic mass is 79.9. The number of rotatable bonds is 4. The second kappa shape index (κ2) is 6.14. The average Bonchev–Trinajstić information content (AvgIpc) is 2.53. The normalized spacial score (nSPS) is 10.6. The molecule has 3 aromatic rings. The van der Waals surface area contributed by atoms with E-state index in [0.717, 1.165) is 32.5 Å². The van der Waals surface area contributed by atoms with E-state index in [0.29, 0.717) is 6.54 Å². The predicted molar refractivity (Wildman–Crippen MR) is 89.8 cm³/mol. The number of benzene rings is 2. The third kappa shape index (κ3) is 3.00. The van der Waals surface area contributed by atoms with Crippen LogP contribution in [0.2, 0.25) is 0 Å². The van der Waals surface area contributed by atoms with E-state index < -0.39 is 0 Å². The maximum atomic E-state index is 5.37. The van der Waals surface area contributed by atoms with Crippen LogP contribution in [0.15, 0.2) is 59.1 Å². The fourth-order valence-corrected chi connectivity index (χ4v) is 2.64. The van der Waals surface area contributed by atoms with Crippen molar-refractivity contribution in [3.8, 4) is 5.75 Å². The molecule has 0 unspecified atom stereocenters. The molecule has 0 fully saturated rings. The lowest BCUT2D eigenvalue weighted by Crippen LogP contribution is -2.02. The summed E-state index contributed by atoms with van der Waals surface area (Å²) in [4.78, 5) is 4.69. The van der Waals surface area contributed by atoms with Crippen molar-refractivity contribution in [3.05, 3.63) is 64.8 Å². The van der Waals surface area contributed by atoms with E-state index in [1.165, 1.54) is 0 Å². The molecule has 21 heavy (non-hydrogen) atoms. The Labute approximate surface area is 132 Å². The number of nitrogens with one attached hydrogen (secondary N) is 1. The zero-order chi connectivity index (χ0) is 14.7. The van der Waals surface area contributed by atoms with Crippen LogP contribution in [0.3, 0.4) is 0 Å². The van der Waals surface area contributed by atoms with Gasteiger partial charge in [-0.05, 0) is 40.2 Å². The minimum Gasteiger partial charge on any atom is -0.494 e. The van der Waals surface area contributed by atoms with Crippen LogP contribution in [0.25, 0.3) is 10.9 Å². The first-order valence-electron chi connectivity index (χ1n) is 6.69. The van der Waals surface area contributed by atoms with Crippen LogP contribution in [0, 0.1) is 0 Å². The SMILES string of the molecule is COc1cccc2ccc(CNc3ccccc3Br)nc12. The molecule has 0 aliphatic heterocycles. The van der Waals surface area contributed by atoms with Gasteiger partial charge in [-0.25, -0.2) is 4.98 Å². The molecule has 0 aliphatic rings. The predicted octanol–water partition coefficient (Wildman–Crippen LogP) is 4.62. The van der Waals surface area contributed by atoms with Crippen molar-refractivity contribution in [2.45, 2.75) is 6.54 Å². The molecule has 0 spiro atoms. The zero-order valence-corrected chi connectivity index (χ0v) is 13.2. The van der Waals surface area contributed by atoms with Crippen LogP contribution in [0.4, 0.5) is 5.69 Å². The van der Waals surface area contributed by atoms with Crippen LogP contribution in [0.5, 0.6) is 5.75 Å². The van der Waals surface area contributed by atoms with Gasteiger partial charge in [0.1, 0.15) is 11.3 Å². The minimum atomic E-state index is 0.663. The van der Waals surface area contributed by atoms with E-state index in [-0.39, 0.29) is 0 Å². The van der Waals surface area contributed by atoms with Crippen LogP contribution in [0.1, 0.15) is 5.69 Å². The fraction of sp³-hybridized carbons (Fsp3) is 0.118. The van der Waals surface area contributed by atoms with Gasteiger partial charge >= 0.3 is 0 Å².